The van der Waals surface area contributed by atoms with Crippen molar-refractivity contribution in [2.45, 2.75) is 12.7 Å². The third-order valence-electron chi connectivity index (χ3n) is 6.64. The van der Waals surface area contributed by atoms with Crippen molar-refractivity contribution in [2.75, 3.05) is 18.2 Å². The number of carbonyl (C=O) groups excluding carboxylic acids is 1. The van der Waals surface area contributed by atoms with Crippen LogP contribution in [0, 0.1) is 5.82 Å². The van der Waals surface area contributed by atoms with Crippen molar-refractivity contribution in [3.63, 3.8) is 0 Å². The maximum atomic E-state index is 13.4. The van der Waals surface area contributed by atoms with Crippen molar-refractivity contribution in [3.05, 3.63) is 119 Å². The number of nitrogens with two attached hydrogens (primary N) is 1. The molecule has 3 N–H and O–H groups in total. The molecule has 0 aliphatic heterocycles. The maximum Gasteiger partial charge on any atom is 0.406 e. The predicted octanol–water partition coefficient (Wildman–Crippen LogP) is 6.79. The zero-order chi connectivity index (χ0) is 30.7. The molecule has 0 fully saturated rings. The number of carbonyl (C=O) groups is 1. The first kappa shape index (κ1) is 29.1. The van der Waals surface area contributed by atoms with E-state index in [2.05, 4.69) is 10.3 Å². The third-order valence-corrected chi connectivity index (χ3v) is 6.64. The van der Waals surface area contributed by atoms with Gasteiger partial charge < -0.3 is 20.4 Å². The van der Waals surface area contributed by atoms with E-state index in [1.807, 2.05) is 30.3 Å². The average Bonchev–Trinajstić information content (AvgIpc) is 2.98. The number of hydrogen-bond donors (Lipinski definition) is 2. The molecule has 0 aliphatic carbocycles. The Hall–Kier alpha value is -5.45. The maximum absolute atomic E-state index is 13.4. The predicted molar refractivity (Wildman–Crippen MR) is 156 cm³/mol. The van der Waals surface area contributed by atoms with Crippen molar-refractivity contribution >= 4 is 17.4 Å². The molecular weight excluding hydrogens is 564 g/mol. The number of nitrogen functional groups attached to an aromatic ring is 1. The lowest BCUT2D eigenvalue weighted by Gasteiger charge is -2.14. The highest BCUT2D eigenvalue weighted by atomic mass is 19.4. The largest absolute Gasteiger partial charge is 0.497 e. The molecule has 0 unspecified atom stereocenters. The first-order chi connectivity index (χ1) is 20.5. The van der Waals surface area contributed by atoms with Crippen LogP contribution in [0.2, 0.25) is 0 Å². The summed E-state index contributed by atoms with van der Waals surface area (Å²) in [5.41, 5.74) is 8.20. The number of methoxy groups -OCH3 is 1. The van der Waals surface area contributed by atoms with Gasteiger partial charge in [0.15, 0.2) is 0 Å². The highest BCUT2D eigenvalue weighted by Crippen LogP contribution is 2.31. The number of halogens is 4. The summed E-state index contributed by atoms with van der Waals surface area (Å²) in [7, 11) is 1.58. The molecule has 0 saturated carbocycles. The Labute approximate surface area is 243 Å². The summed E-state index contributed by atoms with van der Waals surface area (Å²) in [6.45, 7) is -1.43. The summed E-state index contributed by atoms with van der Waals surface area (Å²) in [6.07, 6.45) is -1.11. The molecule has 0 spiro atoms. The van der Waals surface area contributed by atoms with E-state index in [0.29, 0.717) is 27.1 Å². The number of nitrogens with zero attached hydrogens (tertiary/aromatic N) is 2. The van der Waals surface area contributed by atoms with E-state index in [9.17, 15) is 27.2 Å². The summed E-state index contributed by atoms with van der Waals surface area (Å²) in [5, 5.41) is 2.57. The second-order valence-corrected chi connectivity index (χ2v) is 9.63. The lowest BCUT2D eigenvalue weighted by atomic mass is 10.0. The topological polar surface area (TPSA) is 99.2 Å². The lowest BCUT2D eigenvalue weighted by molar-refractivity contribution is -0.140. The van der Waals surface area contributed by atoms with Crippen molar-refractivity contribution in [3.8, 4) is 39.1 Å². The standard InChI is InChI=1S/C32H24F4N4O3/c1-43-25-12-6-19(7-13-25)22-14-26(30(37)38-15-22)20-4-10-24(11-5-20)39-31(42)28-17-40(18-32(34,35)36)16-27(29(28)41)21-2-8-23(33)9-3-21/h2-17H,18H2,1H3,(H2,37,38)(H,39,42). The van der Waals surface area contributed by atoms with Crippen LogP contribution < -0.4 is 21.2 Å². The minimum atomic E-state index is -4.61. The first-order valence-corrected chi connectivity index (χ1v) is 12.9. The molecule has 5 aromatic rings. The number of nitrogens with one attached hydrogen (secondary N) is 1. The third kappa shape index (κ3) is 6.72. The van der Waals surface area contributed by atoms with Crippen LogP contribution in [0.25, 0.3) is 33.4 Å². The SMILES string of the molecule is COc1ccc(-c2cnc(N)c(-c3ccc(NC(=O)c4cn(CC(F)(F)F)cc(-c5ccc(F)cc5)c4=O)cc3)c2)cc1. The van der Waals surface area contributed by atoms with Gasteiger partial charge in [-0.3, -0.25) is 9.59 Å². The van der Waals surface area contributed by atoms with E-state index < -0.39 is 35.4 Å². The lowest BCUT2D eigenvalue weighted by Crippen LogP contribution is -2.27. The highest BCUT2D eigenvalue weighted by Gasteiger charge is 2.29. The van der Waals surface area contributed by atoms with Gasteiger partial charge in [0.25, 0.3) is 5.91 Å². The number of alkyl halides is 3. The number of anilines is 2. The van der Waals surface area contributed by atoms with Gasteiger partial charge in [-0.15, -0.1) is 0 Å². The van der Waals surface area contributed by atoms with Crippen LogP contribution >= 0.6 is 0 Å². The molecule has 0 saturated heterocycles. The molecule has 0 radical (unpaired) electrons. The molecular formula is C32H24F4N4O3. The first-order valence-electron chi connectivity index (χ1n) is 12.9. The Bertz CT molecular complexity index is 1830. The zero-order valence-electron chi connectivity index (χ0n) is 22.7. The van der Waals surface area contributed by atoms with Crippen molar-refractivity contribution < 1.29 is 27.1 Å². The Balaban J connectivity index is 1.42. The summed E-state index contributed by atoms with van der Waals surface area (Å²) >= 11 is 0. The van der Waals surface area contributed by atoms with E-state index >= 15 is 0 Å². The van der Waals surface area contributed by atoms with Crippen molar-refractivity contribution in [1.82, 2.24) is 9.55 Å². The van der Waals surface area contributed by atoms with Crippen LogP contribution in [0.1, 0.15) is 10.4 Å². The molecule has 5 rings (SSSR count). The van der Waals surface area contributed by atoms with Gasteiger partial charge in [-0.05, 0) is 59.2 Å². The van der Waals surface area contributed by atoms with Crippen LogP contribution in [0.4, 0.5) is 29.1 Å². The fourth-order valence-corrected chi connectivity index (χ4v) is 4.51. The average molecular weight is 589 g/mol. The van der Waals surface area contributed by atoms with Crippen LogP contribution in [0.15, 0.2) is 102 Å². The van der Waals surface area contributed by atoms with Gasteiger partial charge in [-0.2, -0.15) is 13.2 Å². The molecule has 11 heteroatoms. The fraction of sp³-hybridized carbons (Fsp3) is 0.0938. The van der Waals surface area contributed by atoms with E-state index in [-0.39, 0.29) is 16.9 Å². The molecule has 0 aliphatic rings. The number of rotatable bonds is 7. The Morgan fingerprint density at radius 2 is 1.49 bits per heavy atom. The second kappa shape index (κ2) is 11.8. The minimum absolute atomic E-state index is 0.171. The number of benzene rings is 3. The Morgan fingerprint density at radius 3 is 2.12 bits per heavy atom. The normalized spacial score (nSPS) is 11.3. The quantitative estimate of drug-likeness (QED) is 0.204. The molecule has 3 aromatic carbocycles. The Kier molecular flexibility index (Phi) is 7.98. The van der Waals surface area contributed by atoms with Gasteiger partial charge in [0, 0.05) is 41.0 Å². The summed E-state index contributed by atoms with van der Waals surface area (Å²) in [5.74, 6) is -0.481. The van der Waals surface area contributed by atoms with Crippen LogP contribution in [0.5, 0.6) is 5.75 Å². The van der Waals surface area contributed by atoms with E-state index in [1.54, 1.807) is 37.6 Å². The number of pyridine rings is 2. The van der Waals surface area contributed by atoms with Crippen LogP contribution in [0.3, 0.4) is 0 Å². The fourth-order valence-electron chi connectivity index (χ4n) is 4.51. The zero-order valence-corrected chi connectivity index (χ0v) is 22.7. The van der Waals surface area contributed by atoms with Gasteiger partial charge in [-0.1, -0.05) is 36.4 Å². The summed E-state index contributed by atoms with van der Waals surface area (Å²) in [4.78, 5) is 30.6. The minimum Gasteiger partial charge on any atom is -0.497 e. The van der Waals surface area contributed by atoms with Gasteiger partial charge in [0.1, 0.15) is 29.5 Å². The van der Waals surface area contributed by atoms with Gasteiger partial charge in [0.2, 0.25) is 5.43 Å². The van der Waals surface area contributed by atoms with Gasteiger partial charge in [-0.25, -0.2) is 9.37 Å². The molecule has 0 bridgehead atoms. The molecule has 7 nitrogen and oxygen atoms in total. The van der Waals surface area contributed by atoms with Gasteiger partial charge >= 0.3 is 6.18 Å². The monoisotopic (exact) mass is 588 g/mol. The molecule has 43 heavy (non-hydrogen) atoms. The number of amides is 1. The number of hydrogen-bond acceptors (Lipinski definition) is 5. The molecule has 2 heterocycles. The van der Waals surface area contributed by atoms with Crippen molar-refractivity contribution in [2.24, 2.45) is 0 Å². The summed E-state index contributed by atoms with van der Waals surface area (Å²) < 4.78 is 58.9. The molecule has 218 valence electrons. The molecule has 1 amide bonds. The van der Waals surface area contributed by atoms with Crippen LogP contribution in [-0.4, -0.2) is 28.7 Å². The Morgan fingerprint density at radius 1 is 0.884 bits per heavy atom. The van der Waals surface area contributed by atoms with E-state index in [1.165, 1.54) is 12.1 Å². The molecule has 0 atom stereocenters. The highest BCUT2D eigenvalue weighted by molar-refractivity contribution is 6.04. The van der Waals surface area contributed by atoms with Crippen LogP contribution in [-0.2, 0) is 6.54 Å². The van der Waals surface area contributed by atoms with E-state index in [4.69, 9.17) is 10.5 Å². The van der Waals surface area contributed by atoms with Crippen molar-refractivity contribution in [1.29, 1.82) is 0 Å². The number of aromatic nitrogens is 2. The summed E-state index contributed by atoms with van der Waals surface area (Å²) in [6, 6.07) is 20.5. The number of ether oxygens (including phenoxy) is 1. The molecule has 2 aromatic heterocycles. The van der Waals surface area contributed by atoms with E-state index in [0.717, 1.165) is 35.7 Å². The van der Waals surface area contributed by atoms with Gasteiger partial charge in [0.05, 0.1) is 7.11 Å². The smallest absolute Gasteiger partial charge is 0.406 e. The second-order valence-electron chi connectivity index (χ2n) is 9.63.